The van der Waals surface area contributed by atoms with Crippen molar-refractivity contribution in [1.29, 1.82) is 0 Å². The van der Waals surface area contributed by atoms with E-state index in [0.29, 0.717) is 41.9 Å². The zero-order valence-corrected chi connectivity index (χ0v) is 54.6. The van der Waals surface area contributed by atoms with Crippen LogP contribution >= 0.6 is 0 Å². The molecule has 0 aromatic carbocycles. The third kappa shape index (κ3) is 20.0. The number of nitrogens with zero attached hydrogens (tertiary/aromatic N) is 9. The van der Waals surface area contributed by atoms with E-state index >= 15 is 0 Å². The Labute approximate surface area is 554 Å². The number of hydrogen-bond donors (Lipinski definition) is 1. The Bertz CT molecular complexity index is 2550. The minimum atomic E-state index is -0.382. The van der Waals surface area contributed by atoms with Gasteiger partial charge in [-0.25, -0.2) is 9.97 Å². The largest absolute Gasteiger partial charge is 1.00 e. The Morgan fingerprint density at radius 1 is 0.646 bits per heavy atom. The van der Waals surface area contributed by atoms with Gasteiger partial charge >= 0.3 is 103 Å². The van der Waals surface area contributed by atoms with Gasteiger partial charge in [0.05, 0.1) is 0 Å². The van der Waals surface area contributed by atoms with Crippen LogP contribution < -0.4 is 118 Å². The van der Waals surface area contributed by atoms with Gasteiger partial charge in [0.1, 0.15) is 17.4 Å². The van der Waals surface area contributed by atoms with Crippen LogP contribution in [0.25, 0.3) is 0 Å². The summed E-state index contributed by atoms with van der Waals surface area (Å²) in [6.45, 7) is 16.2. The van der Waals surface area contributed by atoms with Crippen LogP contribution in [0.5, 0.6) is 0 Å². The number of aryl methyl sites for hydroxylation is 4. The number of likely N-dealkylation sites (tertiary alicyclic amines) is 2. The van der Waals surface area contributed by atoms with E-state index in [0.717, 1.165) is 154 Å². The first kappa shape index (κ1) is 67.2. The zero-order valence-electron chi connectivity index (χ0n) is 49.3. The molecule has 0 bridgehead atoms. The number of anilines is 1. The molecule has 4 aromatic rings. The quantitative estimate of drug-likeness (QED) is 0.0630. The Balaban J connectivity index is 0.000000280. The SMILES string of the molecule is CC(=O)CC1CCN(C(=O)c2nn(CCC3CCN(c4ncccc4C)CC3)c3c2CCCC3)CC1.CC(=O)CC1CCN(C(=O)c2nn(CCC3CCNCC3)c3c2CCCC3)CC1.Cc1cccnc1F.O=CO[O-].[H-].[K+].[K+]. The van der Waals surface area contributed by atoms with Gasteiger partial charge in [-0.05, 0) is 198 Å². The van der Waals surface area contributed by atoms with E-state index in [2.05, 4.69) is 47.4 Å². The second kappa shape index (κ2) is 34.9. The summed E-state index contributed by atoms with van der Waals surface area (Å²) in [6.07, 6.45) is 24.2. The standard InChI is InChI=1S/C29H41N5O2.C23H36N4O2.C6H6FN.CH2O3.2K.H/c1-21-6-5-14-30-28(21)32-15-9-23(10-16-32)13-19-34-26-8-4-3-7-25(26)27(31-34)29(36)33-17-11-24(12-18-33)20-22(2)35;1-17(28)16-19-8-13-26(14-9-19)23(29)22-20-4-2-3-5-21(20)27(25-22)15-10-18-6-11-24-12-7-18;1-5-3-2-4-8-6(5)7;2-1-4-3;;;/h5-6,14,23-24H,3-4,7-13,15-20H2,1-2H3;18-19,24H,2-16H2,1H3;2-4H,1H3;1,3H;;;/q;;;;2*+1;-1/p-1. The average Bonchev–Trinajstić information content (AvgIpc) is 4.02. The first-order valence-electron chi connectivity index (χ1n) is 28.7. The van der Waals surface area contributed by atoms with Crippen LogP contribution in [0, 0.1) is 43.5 Å². The molecular formula is C59H85FK2N10O7. The van der Waals surface area contributed by atoms with E-state index in [-0.39, 0.29) is 140 Å². The molecule has 4 aromatic heterocycles. The summed E-state index contributed by atoms with van der Waals surface area (Å²) in [5.74, 6) is 3.81. The first-order chi connectivity index (χ1) is 37.3. The zero-order chi connectivity index (χ0) is 54.7. The van der Waals surface area contributed by atoms with Gasteiger partial charge < -0.3 is 41.2 Å². The molecule has 17 nitrogen and oxygen atoms in total. The summed E-state index contributed by atoms with van der Waals surface area (Å²) >= 11 is 0. The van der Waals surface area contributed by atoms with Crippen molar-refractivity contribution < 1.29 is 143 Å². The van der Waals surface area contributed by atoms with Crippen LogP contribution in [0.2, 0.25) is 0 Å². The molecule has 0 saturated carbocycles. The number of hydrogen-bond acceptors (Lipinski definition) is 13. The molecule has 0 radical (unpaired) electrons. The van der Waals surface area contributed by atoms with Crippen LogP contribution in [0.3, 0.4) is 0 Å². The maximum atomic E-state index is 13.5. The van der Waals surface area contributed by atoms with Crippen molar-refractivity contribution in [2.45, 2.75) is 169 Å². The van der Waals surface area contributed by atoms with E-state index in [4.69, 9.17) is 20.2 Å². The number of fused-ring (bicyclic) bond motifs is 2. The Morgan fingerprint density at radius 3 is 1.47 bits per heavy atom. The number of rotatable bonds is 14. The molecule has 2 amide bonds. The van der Waals surface area contributed by atoms with Gasteiger partial charge in [0.25, 0.3) is 18.3 Å². The predicted octanol–water partition coefficient (Wildman–Crippen LogP) is 1.67. The molecule has 4 fully saturated rings. The molecule has 0 spiro atoms. The second-order valence-corrected chi connectivity index (χ2v) is 22.3. The number of ketones is 2. The minimum absolute atomic E-state index is 0. The van der Waals surface area contributed by atoms with Crippen molar-refractivity contribution in [2.24, 2.45) is 23.7 Å². The summed E-state index contributed by atoms with van der Waals surface area (Å²) < 4.78 is 16.6. The van der Waals surface area contributed by atoms with Gasteiger partial charge in [-0.3, -0.25) is 23.7 Å². The van der Waals surface area contributed by atoms with E-state index in [1.165, 1.54) is 79.2 Å². The molecule has 1 N–H and O–H groups in total. The summed E-state index contributed by atoms with van der Waals surface area (Å²) in [4.78, 5) is 75.3. The van der Waals surface area contributed by atoms with Crippen molar-refractivity contribution in [3.05, 3.63) is 87.6 Å². The molecule has 79 heavy (non-hydrogen) atoms. The number of pyridine rings is 2. The number of carbonyl (C=O) groups is 5. The Kier molecular flexibility index (Phi) is 29.7. The summed E-state index contributed by atoms with van der Waals surface area (Å²) in [6, 6.07) is 7.54. The fourth-order valence-electron chi connectivity index (χ4n) is 12.3. The van der Waals surface area contributed by atoms with E-state index in [9.17, 15) is 23.6 Å². The van der Waals surface area contributed by atoms with Gasteiger partial charge in [0, 0.05) is 106 Å². The van der Waals surface area contributed by atoms with Crippen LogP contribution in [0.15, 0.2) is 36.7 Å². The molecule has 2 aliphatic carbocycles. The first-order valence-corrected chi connectivity index (χ1v) is 28.7. The number of nitrogens with one attached hydrogen (secondary N) is 1. The maximum absolute atomic E-state index is 13.5. The Morgan fingerprint density at radius 2 is 1.06 bits per heavy atom. The molecule has 20 heteroatoms. The van der Waals surface area contributed by atoms with Crippen molar-refractivity contribution in [3.8, 4) is 0 Å². The number of Topliss-reactive ketones (excluding diaryl/α,β-unsaturated/α-hetero) is 2. The van der Waals surface area contributed by atoms with Gasteiger partial charge in [0.15, 0.2) is 11.4 Å². The van der Waals surface area contributed by atoms with E-state index < -0.39 is 0 Å². The van der Waals surface area contributed by atoms with Crippen molar-refractivity contribution in [2.75, 3.05) is 57.3 Å². The molecule has 4 saturated heterocycles. The smallest absolute Gasteiger partial charge is 1.00 e. The summed E-state index contributed by atoms with van der Waals surface area (Å²) in [5.41, 5.74) is 8.31. The minimum Gasteiger partial charge on any atom is -1.00 e. The fourth-order valence-corrected chi connectivity index (χ4v) is 12.3. The number of halogens is 1. The van der Waals surface area contributed by atoms with Crippen molar-refractivity contribution >= 4 is 35.7 Å². The second-order valence-electron chi connectivity index (χ2n) is 22.3. The van der Waals surface area contributed by atoms with Crippen molar-refractivity contribution in [3.63, 3.8) is 0 Å². The number of piperidine rings is 4. The summed E-state index contributed by atoms with van der Waals surface area (Å²) in [7, 11) is 0. The molecule has 10 rings (SSSR count). The molecule has 422 valence electrons. The van der Waals surface area contributed by atoms with Crippen LogP contribution in [0.1, 0.15) is 173 Å². The topological polar surface area (TPSA) is 201 Å². The summed E-state index contributed by atoms with van der Waals surface area (Å²) in [5, 5.41) is 21.7. The van der Waals surface area contributed by atoms with Gasteiger partial charge in [-0.1, -0.05) is 12.1 Å². The molecule has 4 aliphatic heterocycles. The van der Waals surface area contributed by atoms with Crippen LogP contribution in [-0.4, -0.2) is 122 Å². The number of carbonyl (C=O) groups excluding carboxylic acids is 5. The molecule has 0 unspecified atom stereocenters. The third-order valence-corrected chi connectivity index (χ3v) is 16.7. The van der Waals surface area contributed by atoms with E-state index in [1.54, 1.807) is 32.9 Å². The van der Waals surface area contributed by atoms with Crippen LogP contribution in [0.4, 0.5) is 10.2 Å². The van der Waals surface area contributed by atoms with Gasteiger partial charge in [-0.15, -0.1) is 0 Å². The van der Waals surface area contributed by atoms with Gasteiger partial charge in [0.2, 0.25) is 5.95 Å². The number of amides is 2. The molecular weight excluding hydrogens is 1060 g/mol. The predicted molar refractivity (Wildman–Crippen MR) is 292 cm³/mol. The normalized spacial score (nSPS) is 17.8. The van der Waals surface area contributed by atoms with E-state index in [1.807, 2.05) is 22.1 Å². The Hall–Kier alpha value is -2.61. The monoisotopic (exact) mass is 1140 g/mol. The fraction of sp³-hybridized carbons (Fsp3) is 0.644. The average molecular weight is 1140 g/mol. The van der Waals surface area contributed by atoms with Crippen molar-refractivity contribution in [1.82, 2.24) is 44.6 Å². The number of aromatic nitrogens is 6. The van der Waals surface area contributed by atoms with Crippen LogP contribution in [-0.2, 0) is 58.0 Å². The maximum Gasteiger partial charge on any atom is 1.00 e. The molecule has 8 heterocycles. The van der Waals surface area contributed by atoms with Gasteiger partial charge in [-0.2, -0.15) is 14.6 Å². The molecule has 6 aliphatic rings. The molecule has 0 atom stereocenters. The third-order valence-electron chi connectivity index (χ3n) is 16.7.